The van der Waals surface area contributed by atoms with Crippen molar-refractivity contribution in [3.8, 4) is 11.4 Å². The van der Waals surface area contributed by atoms with E-state index in [0.29, 0.717) is 11.7 Å². The van der Waals surface area contributed by atoms with Crippen LogP contribution < -0.4 is 5.73 Å². The summed E-state index contributed by atoms with van der Waals surface area (Å²) < 4.78 is 9.85. The van der Waals surface area contributed by atoms with Crippen molar-refractivity contribution < 1.29 is 18.8 Å². The second kappa shape index (κ2) is 6.29. The minimum atomic E-state index is -0.938. The maximum atomic E-state index is 11.4. The van der Waals surface area contributed by atoms with Crippen molar-refractivity contribution in [3.63, 3.8) is 0 Å². The Bertz CT molecular complexity index is 594. The molecule has 0 radical (unpaired) electrons. The van der Waals surface area contributed by atoms with E-state index in [1.807, 2.05) is 16.8 Å². The molecule has 2 heterocycles. The predicted molar refractivity (Wildman–Crippen MR) is 70.7 cm³/mol. The lowest BCUT2D eigenvalue weighted by Crippen LogP contribution is -2.30. The van der Waals surface area contributed by atoms with E-state index in [4.69, 9.17) is 15.0 Å². The molecule has 0 saturated heterocycles. The lowest BCUT2D eigenvalue weighted by atomic mass is 10.3. The third kappa shape index (κ3) is 3.64. The van der Waals surface area contributed by atoms with Crippen LogP contribution in [-0.4, -0.2) is 28.1 Å². The van der Waals surface area contributed by atoms with Crippen molar-refractivity contribution in [1.29, 1.82) is 0 Å². The fourth-order valence-corrected chi connectivity index (χ4v) is 2.02. The van der Waals surface area contributed by atoms with Crippen LogP contribution >= 0.6 is 11.3 Å². The van der Waals surface area contributed by atoms with Crippen LogP contribution in [0.4, 0.5) is 0 Å². The van der Waals surface area contributed by atoms with Crippen molar-refractivity contribution in [1.82, 2.24) is 10.1 Å². The third-order valence-electron chi connectivity index (χ3n) is 2.50. The number of amides is 1. The fourth-order valence-electron chi connectivity index (χ4n) is 1.39. The molecule has 0 aliphatic rings. The highest BCUT2D eigenvalue weighted by Gasteiger charge is 2.16. The zero-order chi connectivity index (χ0) is 14.5. The van der Waals surface area contributed by atoms with Crippen molar-refractivity contribution in [2.45, 2.75) is 25.9 Å². The molecule has 0 aliphatic heterocycles. The van der Waals surface area contributed by atoms with Crippen molar-refractivity contribution in [2.24, 2.45) is 5.73 Å². The van der Waals surface area contributed by atoms with Gasteiger partial charge in [0.05, 0.1) is 6.42 Å². The first-order valence-electron chi connectivity index (χ1n) is 5.90. The summed E-state index contributed by atoms with van der Waals surface area (Å²) in [4.78, 5) is 26.4. The quantitative estimate of drug-likeness (QED) is 0.801. The van der Waals surface area contributed by atoms with Gasteiger partial charge in [0.25, 0.3) is 5.91 Å². The number of carbonyl (C=O) groups excluding carboxylic acids is 2. The number of aryl methyl sites for hydroxylation is 1. The number of esters is 1. The van der Waals surface area contributed by atoms with E-state index in [1.165, 1.54) is 18.3 Å². The van der Waals surface area contributed by atoms with Crippen LogP contribution in [0, 0.1) is 0 Å². The van der Waals surface area contributed by atoms with Crippen LogP contribution in [0.25, 0.3) is 11.4 Å². The van der Waals surface area contributed by atoms with Gasteiger partial charge in [0.2, 0.25) is 11.7 Å². The summed E-state index contributed by atoms with van der Waals surface area (Å²) in [6.07, 6.45) is -0.642. The van der Waals surface area contributed by atoms with Gasteiger partial charge in [-0.1, -0.05) is 5.16 Å². The number of hydrogen-bond donors (Lipinski definition) is 1. The first-order valence-corrected chi connectivity index (χ1v) is 6.84. The molecule has 20 heavy (non-hydrogen) atoms. The summed E-state index contributed by atoms with van der Waals surface area (Å²) in [5, 5.41) is 7.63. The topological polar surface area (TPSA) is 108 Å². The lowest BCUT2D eigenvalue weighted by molar-refractivity contribution is -0.153. The molecule has 7 nitrogen and oxygen atoms in total. The highest BCUT2D eigenvalue weighted by molar-refractivity contribution is 7.08. The second-order valence-electron chi connectivity index (χ2n) is 4.06. The molecule has 1 atom stereocenters. The molecule has 8 heteroatoms. The summed E-state index contributed by atoms with van der Waals surface area (Å²) in [5.41, 5.74) is 5.86. The molecule has 0 aliphatic carbocycles. The van der Waals surface area contributed by atoms with E-state index in [1.54, 1.807) is 0 Å². The number of nitrogens with zero attached hydrogens (tertiary/aromatic N) is 2. The Kier molecular flexibility index (Phi) is 4.46. The van der Waals surface area contributed by atoms with Gasteiger partial charge < -0.3 is 15.0 Å². The van der Waals surface area contributed by atoms with Crippen LogP contribution in [0.5, 0.6) is 0 Å². The van der Waals surface area contributed by atoms with Gasteiger partial charge in [-0.25, -0.2) is 0 Å². The fraction of sp³-hybridized carbons (Fsp3) is 0.333. The van der Waals surface area contributed by atoms with Gasteiger partial charge in [0.1, 0.15) is 0 Å². The van der Waals surface area contributed by atoms with Crippen LogP contribution in [0.2, 0.25) is 0 Å². The molecule has 0 bridgehead atoms. The molecule has 0 aromatic carbocycles. The van der Waals surface area contributed by atoms with Gasteiger partial charge in [-0.3, -0.25) is 9.59 Å². The van der Waals surface area contributed by atoms with Crippen LogP contribution in [0.1, 0.15) is 19.2 Å². The molecule has 1 amide bonds. The highest BCUT2D eigenvalue weighted by Crippen LogP contribution is 2.19. The van der Waals surface area contributed by atoms with Crippen LogP contribution in [0.15, 0.2) is 21.3 Å². The minimum absolute atomic E-state index is 0.0445. The van der Waals surface area contributed by atoms with E-state index >= 15 is 0 Å². The summed E-state index contributed by atoms with van der Waals surface area (Å²) in [5.74, 6) is -0.391. The number of aromatic nitrogens is 2. The Morgan fingerprint density at radius 3 is 3.00 bits per heavy atom. The van der Waals surface area contributed by atoms with E-state index in [-0.39, 0.29) is 12.8 Å². The lowest BCUT2D eigenvalue weighted by Gasteiger charge is -2.08. The molecular formula is C12H13N3O4S. The average molecular weight is 295 g/mol. The van der Waals surface area contributed by atoms with E-state index in [0.717, 1.165) is 5.56 Å². The molecule has 2 aromatic heterocycles. The van der Waals surface area contributed by atoms with Gasteiger partial charge in [0.15, 0.2) is 6.10 Å². The van der Waals surface area contributed by atoms with Gasteiger partial charge in [-0.05, 0) is 18.4 Å². The second-order valence-corrected chi connectivity index (χ2v) is 4.84. The van der Waals surface area contributed by atoms with Gasteiger partial charge >= 0.3 is 5.97 Å². The molecule has 0 saturated carbocycles. The normalized spacial score (nSPS) is 12.1. The maximum absolute atomic E-state index is 11.4. The Labute approximate surface area is 118 Å². The molecule has 2 rings (SSSR count). The minimum Gasteiger partial charge on any atom is -0.453 e. The number of nitrogens with two attached hydrogens (primary N) is 1. The van der Waals surface area contributed by atoms with Crippen molar-refractivity contribution >= 4 is 23.2 Å². The highest BCUT2D eigenvalue weighted by atomic mass is 32.1. The number of carbonyl (C=O) groups is 2. The molecule has 106 valence electrons. The van der Waals surface area contributed by atoms with Gasteiger partial charge in [0, 0.05) is 17.4 Å². The molecular weight excluding hydrogens is 282 g/mol. The molecule has 2 aromatic rings. The monoisotopic (exact) mass is 295 g/mol. The van der Waals surface area contributed by atoms with Crippen molar-refractivity contribution in [3.05, 3.63) is 22.7 Å². The summed E-state index contributed by atoms with van der Waals surface area (Å²) in [6, 6.07) is 1.88. The van der Waals surface area contributed by atoms with E-state index < -0.39 is 18.0 Å². The standard InChI is InChI=1S/C12H13N3O4S/c1-7(11(13)17)18-10(16)3-2-9-14-12(15-19-9)8-4-5-20-6-8/h4-7H,2-3H2,1H3,(H2,13,17)/t7-/m0/s1. The molecule has 0 fully saturated rings. The third-order valence-corrected chi connectivity index (χ3v) is 3.18. The number of primary amides is 1. The average Bonchev–Trinajstić information content (AvgIpc) is 3.07. The summed E-state index contributed by atoms with van der Waals surface area (Å²) >= 11 is 1.53. The Hall–Kier alpha value is -2.22. The van der Waals surface area contributed by atoms with Gasteiger partial charge in [-0.2, -0.15) is 16.3 Å². The van der Waals surface area contributed by atoms with Crippen LogP contribution in [-0.2, 0) is 20.7 Å². The van der Waals surface area contributed by atoms with Gasteiger partial charge in [-0.15, -0.1) is 0 Å². The molecule has 0 unspecified atom stereocenters. The molecule has 0 spiro atoms. The first-order chi connectivity index (χ1) is 9.56. The van der Waals surface area contributed by atoms with E-state index in [2.05, 4.69) is 10.1 Å². The summed E-state index contributed by atoms with van der Waals surface area (Å²) in [7, 11) is 0. The largest absolute Gasteiger partial charge is 0.453 e. The predicted octanol–water partition coefficient (Wildman–Crippen LogP) is 1.15. The Balaban J connectivity index is 1.86. The Morgan fingerprint density at radius 2 is 2.35 bits per heavy atom. The van der Waals surface area contributed by atoms with Crippen molar-refractivity contribution in [2.75, 3.05) is 0 Å². The van der Waals surface area contributed by atoms with E-state index in [9.17, 15) is 9.59 Å². The number of hydrogen-bond acceptors (Lipinski definition) is 7. The Morgan fingerprint density at radius 1 is 1.55 bits per heavy atom. The molecule has 2 N–H and O–H groups in total. The zero-order valence-corrected chi connectivity index (χ0v) is 11.6. The zero-order valence-electron chi connectivity index (χ0n) is 10.7. The maximum Gasteiger partial charge on any atom is 0.307 e. The number of ether oxygens (including phenoxy) is 1. The SMILES string of the molecule is C[C@H](OC(=O)CCc1nc(-c2ccsc2)no1)C(N)=O. The summed E-state index contributed by atoms with van der Waals surface area (Å²) in [6.45, 7) is 1.42. The smallest absolute Gasteiger partial charge is 0.307 e. The number of rotatable bonds is 6. The number of thiophene rings is 1. The van der Waals surface area contributed by atoms with Crippen LogP contribution in [0.3, 0.4) is 0 Å². The first kappa shape index (κ1) is 14.2.